The van der Waals surface area contributed by atoms with Crippen molar-refractivity contribution in [1.82, 2.24) is 10.3 Å². The van der Waals surface area contributed by atoms with Crippen molar-refractivity contribution in [2.45, 2.75) is 19.4 Å². The van der Waals surface area contributed by atoms with Crippen molar-refractivity contribution >= 4 is 23.2 Å². The molecule has 5 heteroatoms. The van der Waals surface area contributed by atoms with Gasteiger partial charge in [0.1, 0.15) is 0 Å². The van der Waals surface area contributed by atoms with Gasteiger partial charge < -0.3 is 11.1 Å². The normalized spacial score (nSPS) is 11.9. The zero-order chi connectivity index (χ0) is 14.5. The molecule has 1 aromatic heterocycles. The van der Waals surface area contributed by atoms with Crippen LogP contribution in [0.2, 0.25) is 5.02 Å². The summed E-state index contributed by atoms with van der Waals surface area (Å²) in [5.74, 6) is -0.331. The van der Waals surface area contributed by atoms with Crippen LogP contribution < -0.4 is 11.1 Å². The van der Waals surface area contributed by atoms with E-state index in [1.165, 1.54) is 0 Å². The number of amides is 1. The minimum absolute atomic E-state index is 0.0662. The zero-order valence-corrected chi connectivity index (χ0v) is 11.9. The third-order valence-electron chi connectivity index (χ3n) is 3.11. The number of nitrogens with zero attached hydrogens (tertiary/aromatic N) is 1. The van der Waals surface area contributed by atoms with E-state index < -0.39 is 0 Å². The van der Waals surface area contributed by atoms with Crippen LogP contribution in [0.4, 0.5) is 5.69 Å². The first kappa shape index (κ1) is 14.3. The molecule has 0 radical (unpaired) electrons. The van der Waals surface area contributed by atoms with Crippen LogP contribution in [-0.2, 0) is 11.3 Å². The first-order chi connectivity index (χ1) is 9.58. The van der Waals surface area contributed by atoms with Crippen molar-refractivity contribution in [3.05, 3.63) is 58.9 Å². The van der Waals surface area contributed by atoms with Gasteiger partial charge in [-0.3, -0.25) is 9.78 Å². The quantitative estimate of drug-likeness (QED) is 0.851. The lowest BCUT2D eigenvalue weighted by Crippen LogP contribution is -2.27. The highest BCUT2D eigenvalue weighted by Crippen LogP contribution is 2.18. The molecule has 4 nitrogen and oxygen atoms in total. The van der Waals surface area contributed by atoms with E-state index in [0.29, 0.717) is 17.3 Å². The number of nitrogens with one attached hydrogen (secondary N) is 1. The molecule has 20 heavy (non-hydrogen) atoms. The Bertz CT molecular complexity index is 616. The summed E-state index contributed by atoms with van der Waals surface area (Å²) in [5, 5.41) is 3.41. The maximum absolute atomic E-state index is 12.1. The molecule has 0 aliphatic heterocycles. The number of halogens is 1. The van der Waals surface area contributed by atoms with Gasteiger partial charge >= 0.3 is 0 Å². The van der Waals surface area contributed by atoms with Crippen LogP contribution in [0.15, 0.2) is 42.7 Å². The number of hydrogen-bond acceptors (Lipinski definition) is 3. The van der Waals surface area contributed by atoms with Gasteiger partial charge in [-0.2, -0.15) is 0 Å². The van der Waals surface area contributed by atoms with E-state index >= 15 is 0 Å². The van der Waals surface area contributed by atoms with Gasteiger partial charge in [-0.05, 0) is 36.2 Å². The van der Waals surface area contributed by atoms with Gasteiger partial charge in [0.05, 0.1) is 10.9 Å². The second-order valence-electron chi connectivity index (χ2n) is 4.58. The Kier molecular flexibility index (Phi) is 4.58. The van der Waals surface area contributed by atoms with Gasteiger partial charge in [-0.25, -0.2) is 0 Å². The van der Waals surface area contributed by atoms with Crippen LogP contribution in [0.3, 0.4) is 0 Å². The molecule has 1 amide bonds. The van der Waals surface area contributed by atoms with Crippen molar-refractivity contribution in [3.8, 4) is 0 Å². The number of nitrogens with two attached hydrogens (primary N) is 1. The fourth-order valence-corrected chi connectivity index (χ4v) is 2.05. The highest BCUT2D eigenvalue weighted by atomic mass is 35.5. The Morgan fingerprint density at radius 3 is 2.95 bits per heavy atom. The highest BCUT2D eigenvalue weighted by Gasteiger charge is 2.15. The number of nitrogen functional groups attached to an aromatic ring is 1. The summed E-state index contributed by atoms with van der Waals surface area (Å²) in [6, 6.07) is 9.12. The summed E-state index contributed by atoms with van der Waals surface area (Å²) in [7, 11) is 0. The Hall–Kier alpha value is -2.07. The molecule has 0 spiro atoms. The molecule has 2 aromatic rings. The van der Waals surface area contributed by atoms with Crippen molar-refractivity contribution in [2.75, 3.05) is 5.73 Å². The fourth-order valence-electron chi connectivity index (χ4n) is 1.86. The second-order valence-corrected chi connectivity index (χ2v) is 4.98. The fraction of sp³-hybridized carbons (Fsp3) is 0.200. The molecule has 3 N–H and O–H groups in total. The molecular formula is C15H16ClN3O. The molecular weight excluding hydrogens is 274 g/mol. The third-order valence-corrected chi connectivity index (χ3v) is 3.45. The molecule has 104 valence electrons. The summed E-state index contributed by atoms with van der Waals surface area (Å²) in [5.41, 5.74) is 8.11. The van der Waals surface area contributed by atoms with Gasteiger partial charge in [0.25, 0.3) is 0 Å². The number of carbonyl (C=O) groups is 1. The van der Waals surface area contributed by atoms with Crippen molar-refractivity contribution in [2.24, 2.45) is 0 Å². The number of carbonyl (C=O) groups excluding carboxylic acids is 1. The maximum Gasteiger partial charge on any atom is 0.227 e. The number of pyridine rings is 1. The van der Waals surface area contributed by atoms with Crippen molar-refractivity contribution in [1.29, 1.82) is 0 Å². The van der Waals surface area contributed by atoms with E-state index in [2.05, 4.69) is 10.3 Å². The lowest BCUT2D eigenvalue weighted by molar-refractivity contribution is -0.122. The molecule has 1 unspecified atom stereocenters. The SMILES string of the molecule is CC(C(=O)NCc1ccncc1Cl)c1cccc(N)c1. The second kappa shape index (κ2) is 6.39. The highest BCUT2D eigenvalue weighted by molar-refractivity contribution is 6.31. The van der Waals surface area contributed by atoms with Gasteiger partial charge in [-0.1, -0.05) is 23.7 Å². The van der Waals surface area contributed by atoms with Crippen LogP contribution in [0, 0.1) is 0 Å². The summed E-state index contributed by atoms with van der Waals surface area (Å²) in [6.07, 6.45) is 3.21. The molecule has 1 heterocycles. The Morgan fingerprint density at radius 2 is 2.25 bits per heavy atom. The molecule has 0 bridgehead atoms. The molecule has 1 atom stereocenters. The van der Waals surface area contributed by atoms with E-state index in [4.69, 9.17) is 17.3 Å². The summed E-state index contributed by atoms with van der Waals surface area (Å²) in [6.45, 7) is 2.23. The van der Waals surface area contributed by atoms with E-state index in [9.17, 15) is 4.79 Å². The van der Waals surface area contributed by atoms with Crippen LogP contribution in [0.1, 0.15) is 24.0 Å². The van der Waals surface area contributed by atoms with Crippen LogP contribution in [0.25, 0.3) is 0 Å². The Labute approximate surface area is 123 Å². The minimum atomic E-state index is -0.265. The predicted molar refractivity (Wildman–Crippen MR) is 80.4 cm³/mol. The van der Waals surface area contributed by atoms with E-state index in [0.717, 1.165) is 11.1 Å². The topological polar surface area (TPSA) is 68.0 Å². The zero-order valence-electron chi connectivity index (χ0n) is 11.1. The van der Waals surface area contributed by atoms with E-state index in [1.807, 2.05) is 25.1 Å². The predicted octanol–water partition coefficient (Wildman–Crippen LogP) is 2.74. The number of anilines is 1. The number of benzene rings is 1. The van der Waals surface area contributed by atoms with Gasteiger partial charge in [0, 0.05) is 24.6 Å². The average molecular weight is 290 g/mol. The third kappa shape index (κ3) is 3.48. The van der Waals surface area contributed by atoms with Crippen LogP contribution >= 0.6 is 11.6 Å². The average Bonchev–Trinajstić information content (AvgIpc) is 2.45. The van der Waals surface area contributed by atoms with Gasteiger partial charge in [0.15, 0.2) is 0 Å². The maximum atomic E-state index is 12.1. The molecule has 0 saturated heterocycles. The summed E-state index contributed by atoms with van der Waals surface area (Å²) >= 11 is 5.99. The Morgan fingerprint density at radius 1 is 1.45 bits per heavy atom. The van der Waals surface area contributed by atoms with Gasteiger partial charge in [-0.15, -0.1) is 0 Å². The van der Waals surface area contributed by atoms with Crippen molar-refractivity contribution < 1.29 is 4.79 Å². The lowest BCUT2D eigenvalue weighted by Gasteiger charge is -2.13. The molecule has 0 aliphatic rings. The van der Waals surface area contributed by atoms with Crippen molar-refractivity contribution in [3.63, 3.8) is 0 Å². The standard InChI is InChI=1S/C15H16ClN3O/c1-10(11-3-2-4-13(17)7-11)15(20)19-8-12-5-6-18-9-14(12)16/h2-7,9-10H,8,17H2,1H3,(H,19,20). The number of rotatable bonds is 4. The minimum Gasteiger partial charge on any atom is -0.399 e. The summed E-state index contributed by atoms with van der Waals surface area (Å²) in [4.78, 5) is 16.0. The largest absolute Gasteiger partial charge is 0.399 e. The van der Waals surface area contributed by atoms with Gasteiger partial charge in [0.2, 0.25) is 5.91 Å². The molecule has 1 aromatic carbocycles. The lowest BCUT2D eigenvalue weighted by atomic mass is 10.00. The number of aromatic nitrogens is 1. The first-order valence-electron chi connectivity index (χ1n) is 6.29. The molecule has 0 aliphatic carbocycles. The molecule has 0 fully saturated rings. The smallest absolute Gasteiger partial charge is 0.227 e. The van der Waals surface area contributed by atoms with Crippen LogP contribution in [-0.4, -0.2) is 10.9 Å². The summed E-state index contributed by atoms with van der Waals surface area (Å²) < 4.78 is 0. The monoisotopic (exact) mass is 289 g/mol. The van der Waals surface area contributed by atoms with Crippen LogP contribution in [0.5, 0.6) is 0 Å². The Balaban J connectivity index is 2.00. The molecule has 0 saturated carbocycles. The molecule has 2 rings (SSSR count). The van der Waals surface area contributed by atoms with E-state index in [-0.39, 0.29) is 11.8 Å². The first-order valence-corrected chi connectivity index (χ1v) is 6.67. The number of hydrogen-bond donors (Lipinski definition) is 2. The van der Waals surface area contributed by atoms with E-state index in [1.54, 1.807) is 24.5 Å².